The minimum atomic E-state index is -4.18. The van der Waals surface area contributed by atoms with Crippen LogP contribution < -0.4 is 0 Å². The number of alkyl halides is 4. The maximum Gasteiger partial charge on any atom is 0.365 e. The van der Waals surface area contributed by atoms with Crippen LogP contribution in [0.1, 0.15) is 41.5 Å². The van der Waals surface area contributed by atoms with Crippen LogP contribution in [0.3, 0.4) is 0 Å². The minimum Gasteiger partial charge on any atom is -0.382 e. The summed E-state index contributed by atoms with van der Waals surface area (Å²) in [7, 11) is -0.464. The van der Waals surface area contributed by atoms with Crippen molar-refractivity contribution in [2.75, 3.05) is 19.9 Å². The maximum absolute atomic E-state index is 11.8. The summed E-state index contributed by atoms with van der Waals surface area (Å²) in [4.78, 5) is 0. The van der Waals surface area contributed by atoms with Crippen molar-refractivity contribution < 1.29 is 55.0 Å². The smallest absolute Gasteiger partial charge is 0.365 e. The van der Waals surface area contributed by atoms with E-state index in [0.29, 0.717) is 13.0 Å². The molecular formula is C16H36F4ORfSiY-2. The average molecular weight is 704 g/mol. The molecule has 0 aromatic heterocycles. The largest absolute Gasteiger partial charge is 0.382 e. The van der Waals surface area contributed by atoms with E-state index in [4.69, 9.17) is 4.74 Å². The summed E-state index contributed by atoms with van der Waals surface area (Å²) in [6.07, 6.45) is -3.56. The number of hydrogen-bond donors (Lipinski definition) is 0. The molecule has 145 valence electrons. The van der Waals surface area contributed by atoms with Gasteiger partial charge in [0.25, 0.3) is 0 Å². The zero-order chi connectivity index (χ0) is 16.2. The third-order valence-electron chi connectivity index (χ3n) is 2.56. The number of rotatable bonds is 8. The first-order valence-electron chi connectivity index (χ1n) is 6.99. The van der Waals surface area contributed by atoms with E-state index in [-0.39, 0.29) is 67.3 Å². The van der Waals surface area contributed by atoms with Crippen molar-refractivity contribution in [1.82, 2.24) is 0 Å². The number of ether oxygens (including phenoxy) is 1. The molecule has 0 aromatic rings. The third kappa shape index (κ3) is 29.9. The molecule has 0 aliphatic rings. The summed E-state index contributed by atoms with van der Waals surface area (Å²) < 4.78 is 51.7. The van der Waals surface area contributed by atoms with Crippen LogP contribution in [0.25, 0.3) is 0 Å². The Bertz CT molecular complexity index is 223. The molecule has 1 nitrogen and oxygen atoms in total. The minimum absolute atomic E-state index is 0. The van der Waals surface area contributed by atoms with Gasteiger partial charge in [0, 0.05) is 54.7 Å². The van der Waals surface area contributed by atoms with Crippen molar-refractivity contribution in [3.63, 3.8) is 0 Å². The topological polar surface area (TPSA) is 9.23 Å². The zero-order valence-corrected chi connectivity index (χ0v) is 24.7. The molecule has 0 heterocycles. The molecule has 0 bridgehead atoms. The normalized spacial score (nSPS) is 11.1. The number of halogens is 4. The summed E-state index contributed by atoms with van der Waals surface area (Å²) in [6.45, 7) is 11.8. The van der Waals surface area contributed by atoms with E-state index in [9.17, 15) is 17.6 Å². The fourth-order valence-corrected chi connectivity index (χ4v) is 3.09. The van der Waals surface area contributed by atoms with Gasteiger partial charge in [0.15, 0.2) is 0 Å². The van der Waals surface area contributed by atoms with Gasteiger partial charge in [-0.3, -0.25) is 4.39 Å². The summed E-state index contributed by atoms with van der Waals surface area (Å²) in [5, 5.41) is 0. The van der Waals surface area contributed by atoms with Gasteiger partial charge in [-0.2, -0.15) is 26.1 Å². The molecule has 0 aliphatic heterocycles. The van der Waals surface area contributed by atoms with Gasteiger partial charge in [0.05, 0.1) is 6.67 Å². The van der Waals surface area contributed by atoms with Crippen LogP contribution in [-0.2, 0) is 37.4 Å². The zero-order valence-electron chi connectivity index (χ0n) is 14.3. The molecule has 0 amide bonds. The van der Waals surface area contributed by atoms with E-state index in [1.807, 2.05) is 0 Å². The van der Waals surface area contributed by atoms with Crippen LogP contribution in [0.4, 0.5) is 17.6 Å². The Kier molecular flexibility index (Phi) is 37.6. The van der Waals surface area contributed by atoms with E-state index in [1.165, 1.54) is 12.0 Å². The van der Waals surface area contributed by atoms with Crippen LogP contribution in [0.15, 0.2) is 0 Å². The van der Waals surface area contributed by atoms with Crippen LogP contribution in [0, 0.1) is 18.8 Å². The molecule has 0 fully saturated rings. The van der Waals surface area contributed by atoms with Gasteiger partial charge in [0.1, 0.15) is 0 Å². The van der Waals surface area contributed by atoms with Crippen LogP contribution in [-0.4, -0.2) is 34.9 Å². The van der Waals surface area contributed by atoms with E-state index >= 15 is 0 Å². The second-order valence-corrected chi connectivity index (χ2v) is 8.41. The molecule has 0 saturated heterocycles. The van der Waals surface area contributed by atoms with Crippen molar-refractivity contribution in [2.45, 2.75) is 66.9 Å². The van der Waals surface area contributed by atoms with Crippen molar-refractivity contribution in [3.8, 4) is 0 Å². The first-order valence-corrected chi connectivity index (χ1v) is 10.1. The summed E-state index contributed by atoms with van der Waals surface area (Å²) >= 11 is 0. The fraction of sp³-hybridized carbons (Fsp3) is 0.875. The SMILES string of the molecule is C.C.C[C-](CCF)C[SiH](C)C.[CH2-]C(CCOCC)C(F)(F)F.[Rf].[Y]. The van der Waals surface area contributed by atoms with E-state index in [2.05, 4.69) is 26.9 Å². The van der Waals surface area contributed by atoms with Gasteiger partial charge >= 0.3 is 6.18 Å². The van der Waals surface area contributed by atoms with Crippen molar-refractivity contribution in [1.29, 1.82) is 0 Å². The average Bonchev–Trinajstić information content (AvgIpc) is 2.28. The Labute approximate surface area is 168 Å². The molecular weight excluding hydrogens is 668 g/mol. The van der Waals surface area contributed by atoms with Crippen molar-refractivity contribution in [2.24, 2.45) is 5.92 Å². The van der Waals surface area contributed by atoms with Gasteiger partial charge in [-0.1, -0.05) is 33.9 Å². The Morgan fingerprint density at radius 3 is 1.96 bits per heavy atom. The van der Waals surface area contributed by atoms with Crippen molar-refractivity contribution >= 4 is 8.80 Å². The second kappa shape index (κ2) is 23.0. The maximum atomic E-state index is 11.8. The van der Waals surface area contributed by atoms with Crippen LogP contribution >= 0.6 is 0 Å². The van der Waals surface area contributed by atoms with E-state index in [0.717, 1.165) is 0 Å². The summed E-state index contributed by atoms with van der Waals surface area (Å²) in [5.41, 5.74) is 0. The first kappa shape index (κ1) is 39.2. The van der Waals surface area contributed by atoms with Gasteiger partial charge in [0.2, 0.25) is 0 Å². The Morgan fingerprint density at radius 1 is 1.21 bits per heavy atom. The molecule has 0 spiro atoms. The number of hydrogen-bond acceptors (Lipinski definition) is 1. The van der Waals surface area contributed by atoms with Gasteiger partial charge in [-0.05, 0) is 13.3 Å². The monoisotopic (exact) mass is 704 g/mol. The standard InChI is InChI=1S/C7H12F3O.C7H16FSi.2CH4.Rf.Y/c1-3-11-5-4-6(2)7(8,9)10;1-7(4-5-8)6-9(2)3;;;;/h6H,2-5H2,1H3;9H,4-6H2,1-3H3;2*1H4;;/q2*-1;;;;. The van der Waals surface area contributed by atoms with E-state index < -0.39 is 20.9 Å². The molecule has 1 radical (unpaired) electrons. The molecule has 0 aliphatic carbocycles. The van der Waals surface area contributed by atoms with Gasteiger partial charge in [-0.15, -0.1) is 6.42 Å². The third-order valence-corrected chi connectivity index (χ3v) is 4.07. The van der Waals surface area contributed by atoms with Crippen LogP contribution in [0.5, 0.6) is 0 Å². The van der Waals surface area contributed by atoms with Gasteiger partial charge in [-0.25, -0.2) is 0 Å². The molecule has 1 atom stereocenters. The van der Waals surface area contributed by atoms with E-state index in [1.54, 1.807) is 6.92 Å². The quantitative estimate of drug-likeness (QED) is 0.128. The van der Waals surface area contributed by atoms with Gasteiger partial charge < -0.3 is 17.6 Å². The molecule has 8 heteroatoms. The predicted molar refractivity (Wildman–Crippen MR) is 92.7 cm³/mol. The first-order chi connectivity index (χ1) is 9.15. The Balaban J connectivity index is -0.0000000586. The molecule has 1 unspecified atom stereocenters. The summed E-state index contributed by atoms with van der Waals surface area (Å²) in [5.74, 6) is -0.159. The molecule has 0 rings (SSSR count). The molecule has 0 saturated carbocycles. The van der Waals surface area contributed by atoms with Crippen LogP contribution in [0.2, 0.25) is 19.1 Å². The van der Waals surface area contributed by atoms with Crippen molar-refractivity contribution in [3.05, 3.63) is 12.8 Å². The predicted octanol–water partition coefficient (Wildman–Crippen LogP) is 6.12. The second-order valence-electron chi connectivity index (χ2n) is 5.22. The Morgan fingerprint density at radius 2 is 1.67 bits per heavy atom. The fourth-order valence-electron chi connectivity index (χ4n) is 1.49. The summed E-state index contributed by atoms with van der Waals surface area (Å²) in [6, 6.07) is 1.21. The molecule has 0 N–H and O–H groups in total. The molecule has 0 aromatic carbocycles. The molecule has 24 heavy (non-hydrogen) atoms. The Hall–Kier alpha value is 0.000779.